The molecule has 0 heterocycles. The molecule has 1 aromatic carbocycles. The fourth-order valence-electron chi connectivity index (χ4n) is 4.75. The van der Waals surface area contributed by atoms with Crippen molar-refractivity contribution in [1.29, 1.82) is 0 Å². The molecule has 0 spiro atoms. The summed E-state index contributed by atoms with van der Waals surface area (Å²) in [4.78, 5) is 0. The first kappa shape index (κ1) is 21.3. The highest BCUT2D eigenvalue weighted by Crippen LogP contribution is 2.45. The summed E-state index contributed by atoms with van der Waals surface area (Å²) < 4.78 is 0. The van der Waals surface area contributed by atoms with Crippen molar-refractivity contribution >= 4 is 0 Å². The first-order valence-corrected chi connectivity index (χ1v) is 10.8. The number of benzene rings is 1. The van der Waals surface area contributed by atoms with Crippen molar-refractivity contribution in [3.8, 4) is 5.75 Å². The SMILES string of the molecule is CCCCCCC(C)(C)c1ccc([C@H]2C[C@H](C)CC[C@@H]2CCO)c(O)c1. The quantitative estimate of drug-likeness (QED) is 0.491. The molecule has 0 aromatic heterocycles. The van der Waals surface area contributed by atoms with Gasteiger partial charge in [0.15, 0.2) is 0 Å². The summed E-state index contributed by atoms with van der Waals surface area (Å²) in [6, 6.07) is 6.43. The van der Waals surface area contributed by atoms with Crippen LogP contribution >= 0.6 is 0 Å². The Hall–Kier alpha value is -1.02. The van der Waals surface area contributed by atoms with Crippen LogP contribution in [0.4, 0.5) is 0 Å². The van der Waals surface area contributed by atoms with E-state index in [0.29, 0.717) is 23.5 Å². The zero-order chi connectivity index (χ0) is 19.2. The monoisotopic (exact) mass is 360 g/mol. The maximum Gasteiger partial charge on any atom is 0.119 e. The number of aliphatic hydroxyl groups excluding tert-OH is 1. The van der Waals surface area contributed by atoms with E-state index < -0.39 is 0 Å². The molecule has 0 saturated heterocycles. The second-order valence-corrected chi connectivity index (χ2v) is 9.27. The molecule has 1 aromatic rings. The van der Waals surface area contributed by atoms with Crippen molar-refractivity contribution in [1.82, 2.24) is 0 Å². The molecule has 0 radical (unpaired) electrons. The minimum Gasteiger partial charge on any atom is -0.508 e. The summed E-state index contributed by atoms with van der Waals surface area (Å²) >= 11 is 0. The molecule has 1 saturated carbocycles. The van der Waals surface area contributed by atoms with Crippen molar-refractivity contribution in [2.45, 2.75) is 96.8 Å². The van der Waals surface area contributed by atoms with E-state index in [-0.39, 0.29) is 12.0 Å². The van der Waals surface area contributed by atoms with Crippen LogP contribution in [-0.2, 0) is 5.41 Å². The van der Waals surface area contributed by atoms with Gasteiger partial charge in [0.1, 0.15) is 5.75 Å². The number of phenolic OH excluding ortho intramolecular Hbond substituents is 1. The minimum absolute atomic E-state index is 0.105. The lowest BCUT2D eigenvalue weighted by molar-refractivity contribution is 0.186. The third kappa shape index (κ3) is 5.49. The number of phenols is 1. The van der Waals surface area contributed by atoms with Crippen LogP contribution in [0.2, 0.25) is 0 Å². The summed E-state index contributed by atoms with van der Waals surface area (Å²) in [7, 11) is 0. The van der Waals surface area contributed by atoms with Gasteiger partial charge in [-0.05, 0) is 66.0 Å². The zero-order valence-corrected chi connectivity index (χ0v) is 17.4. The molecule has 1 aliphatic rings. The third-order valence-electron chi connectivity index (χ3n) is 6.62. The van der Waals surface area contributed by atoms with Gasteiger partial charge in [0, 0.05) is 6.61 Å². The second kappa shape index (κ2) is 9.78. The van der Waals surface area contributed by atoms with Crippen molar-refractivity contribution in [3.63, 3.8) is 0 Å². The largest absolute Gasteiger partial charge is 0.508 e. The maximum absolute atomic E-state index is 10.8. The number of rotatable bonds is 9. The average Bonchev–Trinajstić information content (AvgIpc) is 2.60. The number of unbranched alkanes of at least 4 members (excludes halogenated alkanes) is 3. The summed E-state index contributed by atoms with van der Waals surface area (Å²) in [6.07, 6.45) is 10.7. The number of hydrogen-bond acceptors (Lipinski definition) is 2. The molecule has 1 fully saturated rings. The first-order valence-electron chi connectivity index (χ1n) is 10.8. The van der Waals surface area contributed by atoms with Gasteiger partial charge in [0.25, 0.3) is 0 Å². The van der Waals surface area contributed by atoms with Crippen molar-refractivity contribution < 1.29 is 10.2 Å². The molecule has 26 heavy (non-hydrogen) atoms. The molecule has 0 aliphatic heterocycles. The highest BCUT2D eigenvalue weighted by Gasteiger charge is 2.31. The van der Waals surface area contributed by atoms with Crippen LogP contribution in [-0.4, -0.2) is 16.8 Å². The standard InChI is InChI=1S/C24H40O2/c1-5-6-7-8-14-24(3,4)20-11-12-21(23(26)17-20)22-16-18(2)9-10-19(22)13-15-25/h11-12,17-19,22,25-26H,5-10,13-16H2,1-4H3/t18-,19-,22+/m1/s1. The van der Waals surface area contributed by atoms with E-state index in [1.807, 2.05) is 6.07 Å². The van der Waals surface area contributed by atoms with Crippen LogP contribution in [0.3, 0.4) is 0 Å². The summed E-state index contributed by atoms with van der Waals surface area (Å²) in [5, 5.41) is 20.3. The molecule has 3 atom stereocenters. The van der Waals surface area contributed by atoms with Crippen LogP contribution in [0.1, 0.15) is 103 Å². The van der Waals surface area contributed by atoms with Crippen molar-refractivity contribution in [3.05, 3.63) is 29.3 Å². The number of aliphatic hydroxyl groups is 1. The summed E-state index contributed by atoms with van der Waals surface area (Å²) in [5.74, 6) is 2.04. The zero-order valence-electron chi connectivity index (χ0n) is 17.4. The van der Waals surface area contributed by atoms with E-state index in [2.05, 4.69) is 39.8 Å². The predicted octanol–water partition coefficient (Wildman–Crippen LogP) is 6.54. The van der Waals surface area contributed by atoms with E-state index in [4.69, 9.17) is 0 Å². The van der Waals surface area contributed by atoms with Gasteiger partial charge in [0.05, 0.1) is 0 Å². The fraction of sp³-hybridized carbons (Fsp3) is 0.750. The second-order valence-electron chi connectivity index (χ2n) is 9.27. The Morgan fingerprint density at radius 3 is 2.54 bits per heavy atom. The van der Waals surface area contributed by atoms with Crippen LogP contribution in [0.15, 0.2) is 18.2 Å². The summed E-state index contributed by atoms with van der Waals surface area (Å²) in [6.45, 7) is 9.40. The Morgan fingerprint density at radius 2 is 1.88 bits per heavy atom. The molecule has 148 valence electrons. The lowest BCUT2D eigenvalue weighted by Crippen LogP contribution is -2.23. The van der Waals surface area contributed by atoms with Gasteiger partial charge < -0.3 is 10.2 Å². The number of hydrogen-bond donors (Lipinski definition) is 2. The topological polar surface area (TPSA) is 40.5 Å². The Bertz CT molecular complexity index is 549. The van der Waals surface area contributed by atoms with E-state index in [9.17, 15) is 10.2 Å². The molecular formula is C24H40O2. The number of aromatic hydroxyl groups is 1. The van der Waals surface area contributed by atoms with Crippen molar-refractivity contribution in [2.75, 3.05) is 6.61 Å². The molecular weight excluding hydrogens is 320 g/mol. The van der Waals surface area contributed by atoms with Crippen molar-refractivity contribution in [2.24, 2.45) is 11.8 Å². The summed E-state index contributed by atoms with van der Waals surface area (Å²) in [5.41, 5.74) is 2.45. The molecule has 1 aliphatic carbocycles. The van der Waals surface area contributed by atoms with E-state index in [1.54, 1.807) is 0 Å². The normalized spacial score (nSPS) is 24.0. The van der Waals surface area contributed by atoms with Gasteiger partial charge in [-0.15, -0.1) is 0 Å². The molecule has 0 bridgehead atoms. The van der Waals surface area contributed by atoms with E-state index >= 15 is 0 Å². The van der Waals surface area contributed by atoms with E-state index in [0.717, 1.165) is 24.8 Å². The molecule has 2 rings (SSSR count). The molecule has 2 N–H and O–H groups in total. The lowest BCUT2D eigenvalue weighted by Gasteiger charge is -2.36. The predicted molar refractivity (Wildman–Crippen MR) is 111 cm³/mol. The van der Waals surface area contributed by atoms with Crippen LogP contribution < -0.4 is 0 Å². The van der Waals surface area contributed by atoms with Gasteiger partial charge in [0.2, 0.25) is 0 Å². The van der Waals surface area contributed by atoms with Gasteiger partial charge in [-0.1, -0.05) is 71.9 Å². The van der Waals surface area contributed by atoms with Gasteiger partial charge in [-0.3, -0.25) is 0 Å². The lowest BCUT2D eigenvalue weighted by atomic mass is 9.69. The Morgan fingerprint density at radius 1 is 1.12 bits per heavy atom. The Balaban J connectivity index is 2.14. The third-order valence-corrected chi connectivity index (χ3v) is 6.62. The molecule has 2 nitrogen and oxygen atoms in total. The van der Waals surface area contributed by atoms with Gasteiger partial charge >= 0.3 is 0 Å². The minimum atomic E-state index is 0.105. The van der Waals surface area contributed by atoms with Crippen LogP contribution in [0.5, 0.6) is 5.75 Å². The average molecular weight is 361 g/mol. The molecule has 0 amide bonds. The molecule has 0 unspecified atom stereocenters. The van der Waals surface area contributed by atoms with Crippen LogP contribution in [0.25, 0.3) is 0 Å². The highest BCUT2D eigenvalue weighted by molar-refractivity contribution is 5.42. The fourth-order valence-corrected chi connectivity index (χ4v) is 4.75. The highest BCUT2D eigenvalue weighted by atomic mass is 16.3. The molecule has 2 heteroatoms. The Kier molecular flexibility index (Phi) is 8.01. The van der Waals surface area contributed by atoms with Gasteiger partial charge in [-0.25, -0.2) is 0 Å². The van der Waals surface area contributed by atoms with Crippen LogP contribution in [0, 0.1) is 11.8 Å². The van der Waals surface area contributed by atoms with Gasteiger partial charge in [-0.2, -0.15) is 0 Å². The van der Waals surface area contributed by atoms with E-state index in [1.165, 1.54) is 44.1 Å². The Labute approximate surface area is 161 Å². The smallest absolute Gasteiger partial charge is 0.119 e. The maximum atomic E-state index is 10.8. The first-order chi connectivity index (χ1) is 12.4.